The Morgan fingerprint density at radius 1 is 0.289 bits per heavy atom. The molecule has 0 aliphatic rings. The van der Waals surface area contributed by atoms with Crippen LogP contribution in [0.25, 0.3) is 0 Å². The molecule has 0 aromatic heterocycles. The number of aryl methyl sites for hydroxylation is 18. The highest BCUT2D eigenvalue weighted by molar-refractivity contribution is 5.55. The van der Waals surface area contributed by atoms with Crippen molar-refractivity contribution in [3.8, 4) is 46.0 Å². The molecule has 8 aromatic carbocycles. The monoisotopic (exact) mass is 1220 g/mol. The number of rotatable bonds is 15. The Morgan fingerprint density at radius 2 is 0.511 bits per heavy atom. The lowest BCUT2D eigenvalue weighted by atomic mass is 9.69. The second-order valence-electron chi connectivity index (χ2n) is 27.3. The Bertz CT molecular complexity index is 3550. The van der Waals surface area contributed by atoms with Crippen molar-refractivity contribution in [2.45, 2.75) is 226 Å². The molecule has 1 atom stereocenters. The van der Waals surface area contributed by atoms with Gasteiger partial charge >= 0.3 is 0 Å². The molecule has 484 valence electrons. The van der Waals surface area contributed by atoms with E-state index in [0.29, 0.717) is 51.9 Å². The van der Waals surface area contributed by atoms with Gasteiger partial charge in [0.1, 0.15) is 46.0 Å². The molecule has 90 heavy (non-hydrogen) atoms. The zero-order valence-electron chi connectivity index (χ0n) is 58.8. The fourth-order valence-electron chi connectivity index (χ4n) is 13.0. The van der Waals surface area contributed by atoms with Crippen molar-refractivity contribution >= 4 is 0 Å². The van der Waals surface area contributed by atoms with Gasteiger partial charge in [-0.05, 0) is 301 Å². The van der Waals surface area contributed by atoms with Gasteiger partial charge in [0.2, 0.25) is 0 Å². The van der Waals surface area contributed by atoms with Crippen LogP contribution in [0.2, 0.25) is 0 Å². The topological polar surface area (TPSA) is 162 Å². The molecule has 1 unspecified atom stereocenters. The summed E-state index contributed by atoms with van der Waals surface area (Å²) < 4.78 is 0. The van der Waals surface area contributed by atoms with Gasteiger partial charge in [-0.25, -0.2) is 0 Å². The predicted octanol–water partition coefficient (Wildman–Crippen LogP) is 20.8. The number of phenols is 8. The Morgan fingerprint density at radius 3 is 0.767 bits per heavy atom. The zero-order chi connectivity index (χ0) is 67.8. The van der Waals surface area contributed by atoms with Gasteiger partial charge in [-0.2, -0.15) is 0 Å². The van der Waals surface area contributed by atoms with Gasteiger partial charge in [0.05, 0.1) is 0 Å². The molecule has 0 amide bonds. The van der Waals surface area contributed by atoms with Crippen molar-refractivity contribution in [3.05, 3.63) is 231 Å². The summed E-state index contributed by atoms with van der Waals surface area (Å²) in [6.07, 6.45) is 6.90. The minimum Gasteiger partial charge on any atom is -0.507 e. The second kappa shape index (κ2) is 29.9. The number of phenolic OH excluding ortho intramolecular Hbond substituents is 8. The number of benzene rings is 8. The molecule has 8 nitrogen and oxygen atoms in total. The fourth-order valence-corrected chi connectivity index (χ4v) is 13.0. The Balaban J connectivity index is 0.000000218. The van der Waals surface area contributed by atoms with Gasteiger partial charge in [0, 0.05) is 10.8 Å². The molecule has 0 aliphatic heterocycles. The SMILES string of the molecule is CCC(C)(c1cc(C)c(O)c(C)c1)c1cc(C)c(O)c(C)c1.CCC(CC)(c1cc(C)c(O)c(C)c1)c1cc(C)c(O)c(C)c1.Cc1cc(CCC(C)(C)c2cc(C)c(O)c(C)c2)cc(C)c1O.Cc1cc(CCC(C)c2cc(C)c(O)c(C)c2)cc(C)c1O. The molecule has 8 rings (SSSR count). The normalized spacial score (nSPS) is 11.9. The van der Waals surface area contributed by atoms with E-state index in [4.69, 9.17) is 0 Å². The standard InChI is InChI=1S/2C21H28O2.2C20H26O2/c1-13-9-17(10-14(2)19(13)22)7-8-21(5,6)18-11-15(3)20(23)16(4)12-18;1-7-21(8-2,17-9-13(3)19(22)14(4)10-17)18-11-15(5)20(23)16(6)12-18;1-12(18-10-15(4)20(22)16(5)11-18)6-7-17-8-13(2)19(21)14(3)9-17;1-7-20(6,16-8-12(2)18(21)13(3)9-16)17-10-14(4)19(22)15(5)11-17/h2*9-12,22-23H,7-8H2,1-6H3;8-12,21-22H,6-7H2,1-5H3;8-11,21-22H,7H2,1-6H3. The number of hydrogen-bond donors (Lipinski definition) is 8. The summed E-state index contributed by atoms with van der Waals surface area (Å²) >= 11 is 0. The summed E-state index contributed by atoms with van der Waals surface area (Å²) in [5, 5.41) is 79.9. The first kappa shape index (κ1) is 72.9. The van der Waals surface area contributed by atoms with Crippen LogP contribution in [0.5, 0.6) is 46.0 Å². The van der Waals surface area contributed by atoms with E-state index in [9.17, 15) is 40.9 Å². The van der Waals surface area contributed by atoms with Crippen molar-refractivity contribution in [2.24, 2.45) is 0 Å². The molecule has 0 spiro atoms. The van der Waals surface area contributed by atoms with Crippen molar-refractivity contribution < 1.29 is 40.9 Å². The third-order valence-electron chi connectivity index (χ3n) is 19.6. The fraction of sp³-hybridized carbons (Fsp3) is 0.415. The maximum absolute atomic E-state index is 10.1. The van der Waals surface area contributed by atoms with Crippen LogP contribution in [0.3, 0.4) is 0 Å². The largest absolute Gasteiger partial charge is 0.507 e. The molecular weight excluding hydrogens is 1110 g/mol. The lowest BCUT2D eigenvalue weighted by Crippen LogP contribution is -2.26. The van der Waals surface area contributed by atoms with Crippen molar-refractivity contribution in [3.63, 3.8) is 0 Å². The lowest BCUT2D eigenvalue weighted by Gasteiger charge is -2.34. The molecule has 0 bridgehead atoms. The average molecular weight is 1220 g/mol. The van der Waals surface area contributed by atoms with Crippen molar-refractivity contribution in [1.82, 2.24) is 0 Å². The molecule has 0 radical (unpaired) electrons. The molecule has 0 saturated heterocycles. The summed E-state index contributed by atoms with van der Waals surface area (Å²) in [7, 11) is 0. The maximum Gasteiger partial charge on any atom is 0.121 e. The van der Waals surface area contributed by atoms with Gasteiger partial charge in [-0.3, -0.25) is 0 Å². The smallest absolute Gasteiger partial charge is 0.121 e. The molecule has 0 aliphatic carbocycles. The molecule has 8 N–H and O–H groups in total. The van der Waals surface area contributed by atoms with Gasteiger partial charge in [-0.1, -0.05) is 146 Å². The second-order valence-corrected chi connectivity index (χ2v) is 27.3. The van der Waals surface area contributed by atoms with E-state index in [1.165, 1.54) is 44.5 Å². The van der Waals surface area contributed by atoms with Crippen LogP contribution in [0.15, 0.2) is 97.1 Å². The van der Waals surface area contributed by atoms with Crippen LogP contribution in [-0.4, -0.2) is 40.9 Å². The van der Waals surface area contributed by atoms with Crippen LogP contribution < -0.4 is 0 Å². The summed E-state index contributed by atoms with van der Waals surface area (Å²) in [5.74, 6) is 3.56. The van der Waals surface area contributed by atoms with Crippen LogP contribution in [0, 0.1) is 111 Å². The Kier molecular flexibility index (Phi) is 24.2. The molecular formula is C82H108O8. The maximum atomic E-state index is 10.1. The van der Waals surface area contributed by atoms with E-state index in [1.807, 2.05) is 111 Å². The highest BCUT2D eigenvalue weighted by Gasteiger charge is 2.33. The van der Waals surface area contributed by atoms with E-state index >= 15 is 0 Å². The summed E-state index contributed by atoms with van der Waals surface area (Å²) in [4.78, 5) is 0. The van der Waals surface area contributed by atoms with Gasteiger partial charge in [0.15, 0.2) is 0 Å². The number of hydrogen-bond acceptors (Lipinski definition) is 8. The Hall–Kier alpha value is -7.84. The van der Waals surface area contributed by atoms with E-state index in [1.54, 1.807) is 0 Å². The lowest BCUT2D eigenvalue weighted by molar-refractivity contribution is 0.453. The quantitative estimate of drug-likeness (QED) is 0.0503. The van der Waals surface area contributed by atoms with Crippen LogP contribution in [-0.2, 0) is 29.1 Å². The number of aromatic hydroxyl groups is 8. The average Bonchev–Trinajstić information content (AvgIpc) is 0.815. The summed E-state index contributed by atoms with van der Waals surface area (Å²) in [5.41, 5.74) is 24.5. The first-order chi connectivity index (χ1) is 41.9. The highest BCUT2D eigenvalue weighted by Crippen LogP contribution is 2.44. The van der Waals surface area contributed by atoms with Crippen molar-refractivity contribution in [2.75, 3.05) is 0 Å². The minimum absolute atomic E-state index is 0.0307. The zero-order valence-corrected chi connectivity index (χ0v) is 58.8. The molecule has 0 saturated carbocycles. The third-order valence-corrected chi connectivity index (χ3v) is 19.6. The first-order valence-corrected chi connectivity index (χ1v) is 32.3. The molecule has 8 aromatic rings. The highest BCUT2D eigenvalue weighted by atomic mass is 16.3. The van der Waals surface area contributed by atoms with E-state index in [0.717, 1.165) is 134 Å². The van der Waals surface area contributed by atoms with Gasteiger partial charge in [-0.15, -0.1) is 0 Å². The van der Waals surface area contributed by atoms with Gasteiger partial charge in [0.25, 0.3) is 0 Å². The van der Waals surface area contributed by atoms with Gasteiger partial charge < -0.3 is 40.9 Å². The van der Waals surface area contributed by atoms with Crippen molar-refractivity contribution in [1.29, 1.82) is 0 Å². The molecule has 0 heterocycles. The summed E-state index contributed by atoms with van der Waals surface area (Å²) in [6, 6.07) is 33.4. The van der Waals surface area contributed by atoms with E-state index in [2.05, 4.69) is 146 Å². The van der Waals surface area contributed by atoms with E-state index < -0.39 is 0 Å². The summed E-state index contributed by atoms with van der Waals surface area (Å²) in [6.45, 7) is 46.7. The van der Waals surface area contributed by atoms with E-state index in [-0.39, 0.29) is 16.2 Å². The van der Waals surface area contributed by atoms with Crippen LogP contribution in [0.4, 0.5) is 0 Å². The molecule has 0 fully saturated rings. The predicted molar refractivity (Wildman–Crippen MR) is 377 cm³/mol. The minimum atomic E-state index is -0.146. The first-order valence-electron chi connectivity index (χ1n) is 32.3. The molecule has 8 heteroatoms. The third kappa shape index (κ3) is 16.6. The van der Waals surface area contributed by atoms with Crippen LogP contribution in [0.1, 0.15) is 220 Å². The Labute approximate surface area is 541 Å². The van der Waals surface area contributed by atoms with Crippen LogP contribution >= 0.6 is 0 Å².